The number of ether oxygens (including phenoxy) is 2. The molecular weight excluding hydrogens is 492 g/mol. The summed E-state index contributed by atoms with van der Waals surface area (Å²) in [6, 6.07) is 15.5. The van der Waals surface area contributed by atoms with Crippen molar-refractivity contribution < 1.29 is 9.47 Å². The second kappa shape index (κ2) is 9.69. The van der Waals surface area contributed by atoms with Crippen LogP contribution in [0.5, 0.6) is 11.5 Å². The van der Waals surface area contributed by atoms with Gasteiger partial charge in [-0.25, -0.2) is 0 Å². The van der Waals surface area contributed by atoms with Crippen molar-refractivity contribution >= 4 is 50.7 Å². The molecule has 7 nitrogen and oxygen atoms in total. The Balaban J connectivity index is 1.49. The van der Waals surface area contributed by atoms with Crippen LogP contribution in [0.25, 0.3) is 16.0 Å². The number of aromatic nitrogens is 4. The average Bonchev–Trinajstić information content (AvgIpc) is 3.50. The van der Waals surface area contributed by atoms with E-state index in [1.165, 1.54) is 11.3 Å². The maximum atomic E-state index is 13.3. The fourth-order valence-electron chi connectivity index (χ4n) is 3.85. The highest BCUT2D eigenvalue weighted by Gasteiger charge is 2.18. The smallest absolute Gasteiger partial charge is 0.272 e. The van der Waals surface area contributed by atoms with Crippen molar-refractivity contribution in [1.29, 1.82) is 0 Å². The SMILES string of the molecule is COc1ccc(CCn2c(=O)c3sccc3n3c(SCc4cccc(Cl)c4)nnc23)cc1OC. The van der Waals surface area contributed by atoms with Crippen LogP contribution in [0.15, 0.2) is 63.9 Å². The van der Waals surface area contributed by atoms with Gasteiger partial charge in [0.1, 0.15) is 4.70 Å². The van der Waals surface area contributed by atoms with Crippen LogP contribution in [-0.4, -0.2) is 33.4 Å². The van der Waals surface area contributed by atoms with Crippen LogP contribution in [0.1, 0.15) is 11.1 Å². The highest BCUT2D eigenvalue weighted by Crippen LogP contribution is 2.29. The molecule has 0 aliphatic heterocycles. The van der Waals surface area contributed by atoms with Gasteiger partial charge in [-0.05, 0) is 53.3 Å². The normalized spacial score (nSPS) is 11.4. The number of nitrogens with zero attached hydrogens (tertiary/aromatic N) is 4. The minimum absolute atomic E-state index is 0.0585. The van der Waals surface area contributed by atoms with E-state index in [0.29, 0.717) is 45.7 Å². The average molecular weight is 513 g/mol. The van der Waals surface area contributed by atoms with Crippen LogP contribution in [-0.2, 0) is 18.7 Å². The van der Waals surface area contributed by atoms with Gasteiger partial charge in [-0.15, -0.1) is 21.5 Å². The Labute approximate surface area is 208 Å². The molecule has 0 unspecified atom stereocenters. The maximum absolute atomic E-state index is 13.3. The van der Waals surface area contributed by atoms with E-state index in [-0.39, 0.29) is 5.56 Å². The number of rotatable bonds is 8. The van der Waals surface area contributed by atoms with E-state index >= 15 is 0 Å². The quantitative estimate of drug-likeness (QED) is 0.262. The van der Waals surface area contributed by atoms with Crippen LogP contribution in [0.3, 0.4) is 0 Å². The van der Waals surface area contributed by atoms with Gasteiger partial charge in [-0.3, -0.25) is 13.8 Å². The summed E-state index contributed by atoms with van der Waals surface area (Å²) in [6.07, 6.45) is 0.630. The predicted octanol–water partition coefficient (Wildman–Crippen LogP) is 5.31. The Morgan fingerprint density at radius 3 is 2.68 bits per heavy atom. The Hall–Kier alpha value is -3.01. The van der Waals surface area contributed by atoms with Crippen LogP contribution >= 0.6 is 34.7 Å². The molecule has 0 atom stereocenters. The molecule has 3 heterocycles. The summed E-state index contributed by atoms with van der Waals surface area (Å²) in [5.74, 6) is 2.56. The largest absolute Gasteiger partial charge is 0.493 e. The van der Waals surface area contributed by atoms with Gasteiger partial charge in [0.2, 0.25) is 5.78 Å². The lowest BCUT2D eigenvalue weighted by Crippen LogP contribution is -2.23. The van der Waals surface area contributed by atoms with E-state index < -0.39 is 0 Å². The molecule has 3 aromatic heterocycles. The third kappa shape index (κ3) is 4.26. The number of benzene rings is 2. The maximum Gasteiger partial charge on any atom is 0.272 e. The van der Waals surface area contributed by atoms with E-state index in [4.69, 9.17) is 21.1 Å². The summed E-state index contributed by atoms with van der Waals surface area (Å²) in [6.45, 7) is 0.461. The molecule has 0 aliphatic carbocycles. The third-order valence-electron chi connectivity index (χ3n) is 5.51. The summed E-state index contributed by atoms with van der Waals surface area (Å²) in [7, 11) is 3.22. The molecular formula is C24H21ClN4O3S2. The minimum atomic E-state index is -0.0585. The van der Waals surface area contributed by atoms with E-state index in [1.807, 2.05) is 58.3 Å². The summed E-state index contributed by atoms with van der Waals surface area (Å²) < 4.78 is 15.1. The van der Waals surface area contributed by atoms with Gasteiger partial charge in [-0.2, -0.15) is 0 Å². The molecule has 0 spiro atoms. The van der Waals surface area contributed by atoms with Gasteiger partial charge in [-0.1, -0.05) is 41.6 Å². The number of halogens is 1. The molecule has 10 heteroatoms. The number of thiophene rings is 1. The number of aryl methyl sites for hydroxylation is 2. The van der Waals surface area contributed by atoms with Crippen LogP contribution in [0, 0.1) is 0 Å². The second-order valence-corrected chi connectivity index (χ2v) is 9.86. The Morgan fingerprint density at radius 2 is 1.88 bits per heavy atom. The van der Waals surface area contributed by atoms with Crippen molar-refractivity contribution in [3.8, 4) is 11.5 Å². The second-order valence-electron chi connectivity index (χ2n) is 7.57. The zero-order chi connectivity index (χ0) is 23.7. The first-order chi connectivity index (χ1) is 16.6. The zero-order valence-corrected chi connectivity index (χ0v) is 20.9. The number of hydrogen-bond donors (Lipinski definition) is 0. The number of hydrogen-bond acceptors (Lipinski definition) is 7. The van der Waals surface area contributed by atoms with Crippen LogP contribution in [0.4, 0.5) is 0 Å². The lowest BCUT2D eigenvalue weighted by Gasteiger charge is -2.11. The molecule has 0 amide bonds. The molecule has 0 saturated heterocycles. The lowest BCUT2D eigenvalue weighted by atomic mass is 10.1. The topological polar surface area (TPSA) is 70.7 Å². The fourth-order valence-corrected chi connectivity index (χ4v) is 5.77. The van der Waals surface area contributed by atoms with Crippen molar-refractivity contribution in [2.75, 3.05) is 14.2 Å². The molecule has 0 fully saturated rings. The molecule has 0 radical (unpaired) electrons. The summed E-state index contributed by atoms with van der Waals surface area (Å²) >= 11 is 9.12. The molecule has 0 aliphatic rings. The minimum Gasteiger partial charge on any atom is -0.493 e. The highest BCUT2D eigenvalue weighted by atomic mass is 35.5. The van der Waals surface area contributed by atoms with Gasteiger partial charge in [0.05, 0.1) is 19.7 Å². The van der Waals surface area contributed by atoms with E-state index in [2.05, 4.69) is 10.2 Å². The van der Waals surface area contributed by atoms with Crippen molar-refractivity contribution in [2.24, 2.45) is 0 Å². The van der Waals surface area contributed by atoms with Gasteiger partial charge in [0.25, 0.3) is 5.56 Å². The van der Waals surface area contributed by atoms with Crippen molar-refractivity contribution in [2.45, 2.75) is 23.9 Å². The first-order valence-electron chi connectivity index (χ1n) is 10.5. The number of fused-ring (bicyclic) bond motifs is 3. The van der Waals surface area contributed by atoms with E-state index in [0.717, 1.165) is 21.8 Å². The predicted molar refractivity (Wildman–Crippen MR) is 137 cm³/mol. The molecule has 34 heavy (non-hydrogen) atoms. The van der Waals surface area contributed by atoms with Crippen molar-refractivity contribution in [3.05, 3.63) is 80.4 Å². The van der Waals surface area contributed by atoms with Crippen molar-refractivity contribution in [1.82, 2.24) is 19.2 Å². The first kappa shape index (κ1) is 22.8. The lowest BCUT2D eigenvalue weighted by molar-refractivity contribution is 0.354. The molecule has 0 bridgehead atoms. The molecule has 174 valence electrons. The molecule has 0 saturated carbocycles. The molecule has 5 aromatic rings. The van der Waals surface area contributed by atoms with Gasteiger partial charge in [0, 0.05) is 17.3 Å². The molecule has 0 N–H and O–H groups in total. The first-order valence-corrected chi connectivity index (χ1v) is 12.8. The summed E-state index contributed by atoms with van der Waals surface area (Å²) in [4.78, 5) is 13.3. The zero-order valence-electron chi connectivity index (χ0n) is 18.5. The van der Waals surface area contributed by atoms with E-state index in [1.54, 1.807) is 30.5 Å². The van der Waals surface area contributed by atoms with Gasteiger partial charge in [0.15, 0.2) is 16.7 Å². The molecule has 5 rings (SSSR count). The fraction of sp³-hybridized carbons (Fsp3) is 0.208. The number of thioether (sulfide) groups is 1. The van der Waals surface area contributed by atoms with Crippen LogP contribution in [0.2, 0.25) is 5.02 Å². The molecule has 2 aromatic carbocycles. The van der Waals surface area contributed by atoms with Crippen molar-refractivity contribution in [3.63, 3.8) is 0 Å². The Kier molecular flexibility index (Phi) is 6.49. The van der Waals surface area contributed by atoms with Crippen LogP contribution < -0.4 is 15.0 Å². The highest BCUT2D eigenvalue weighted by molar-refractivity contribution is 7.98. The number of methoxy groups -OCH3 is 2. The monoisotopic (exact) mass is 512 g/mol. The summed E-state index contributed by atoms with van der Waals surface area (Å²) in [5.41, 5.74) is 2.89. The van der Waals surface area contributed by atoms with Gasteiger partial charge >= 0.3 is 0 Å². The third-order valence-corrected chi connectivity index (χ3v) is 7.64. The Morgan fingerprint density at radius 1 is 1.03 bits per heavy atom. The standard InChI is InChI=1S/C24H21ClN4O3S2/c1-31-19-7-6-15(13-20(19)32-2)8-10-28-22(30)21-18(9-11-33-21)29-23(28)26-27-24(29)34-14-16-4-3-5-17(25)12-16/h3-7,9,11-13H,8,10,14H2,1-2H3. The Bertz CT molecular complexity index is 1540. The van der Waals surface area contributed by atoms with Gasteiger partial charge < -0.3 is 9.47 Å². The summed E-state index contributed by atoms with van der Waals surface area (Å²) in [5, 5.41) is 12.2. The van der Waals surface area contributed by atoms with E-state index in [9.17, 15) is 4.79 Å².